The fraction of sp³-hybridized carbons (Fsp3) is 0.350. The Kier molecular flexibility index (Phi) is 3.99. The quantitative estimate of drug-likeness (QED) is 0.928. The van der Waals surface area contributed by atoms with E-state index >= 15 is 0 Å². The molecule has 0 bridgehead atoms. The van der Waals surface area contributed by atoms with Gasteiger partial charge in [-0.2, -0.15) is 0 Å². The maximum atomic E-state index is 13.2. The Bertz CT molecular complexity index is 829. The number of carboxylic acids is 1. The van der Waals surface area contributed by atoms with E-state index < -0.39 is 5.97 Å². The topological polar surface area (TPSA) is 70.5 Å². The third-order valence-electron chi connectivity index (χ3n) is 5.04. The van der Waals surface area contributed by atoms with Crippen molar-refractivity contribution in [3.05, 3.63) is 65.0 Å². The Balaban J connectivity index is 1.70. The normalized spacial score (nSPS) is 19.1. The van der Waals surface area contributed by atoms with Crippen molar-refractivity contribution in [1.29, 1.82) is 0 Å². The number of pyridine rings is 1. The average Bonchev–Trinajstić information content (AvgIpc) is 3.47. The van der Waals surface area contributed by atoms with E-state index in [0.717, 1.165) is 32.1 Å². The number of benzene rings is 1. The number of amides is 1. The van der Waals surface area contributed by atoms with Crippen molar-refractivity contribution in [3.8, 4) is 0 Å². The van der Waals surface area contributed by atoms with Gasteiger partial charge in [0.05, 0.1) is 6.04 Å². The highest BCUT2D eigenvalue weighted by atomic mass is 16.4. The van der Waals surface area contributed by atoms with Crippen molar-refractivity contribution in [1.82, 2.24) is 9.88 Å². The van der Waals surface area contributed by atoms with Gasteiger partial charge < -0.3 is 10.0 Å². The van der Waals surface area contributed by atoms with Crippen LogP contribution < -0.4 is 0 Å². The van der Waals surface area contributed by atoms with Crippen molar-refractivity contribution in [2.45, 2.75) is 44.2 Å². The molecule has 25 heavy (non-hydrogen) atoms. The second kappa shape index (κ2) is 6.31. The van der Waals surface area contributed by atoms with Gasteiger partial charge in [-0.15, -0.1) is 0 Å². The maximum Gasteiger partial charge on any atom is 0.354 e. The van der Waals surface area contributed by atoms with Crippen LogP contribution in [-0.4, -0.2) is 32.9 Å². The van der Waals surface area contributed by atoms with Crippen molar-refractivity contribution in [2.75, 3.05) is 0 Å². The summed E-state index contributed by atoms with van der Waals surface area (Å²) in [5, 5.41) is 9.14. The number of carbonyl (C=O) groups excluding carboxylic acids is 1. The van der Waals surface area contributed by atoms with E-state index in [-0.39, 0.29) is 29.4 Å². The number of hydrogen-bond acceptors (Lipinski definition) is 3. The first-order valence-electron chi connectivity index (χ1n) is 8.76. The molecule has 2 aliphatic carbocycles. The molecule has 1 aromatic heterocycles. The number of aromatic nitrogens is 1. The second-order valence-corrected chi connectivity index (χ2v) is 6.76. The fourth-order valence-electron chi connectivity index (χ4n) is 3.74. The van der Waals surface area contributed by atoms with Crippen LogP contribution in [0, 0.1) is 0 Å². The van der Waals surface area contributed by atoms with Gasteiger partial charge in [-0.05, 0) is 55.4 Å². The SMILES string of the molecule is O=C(O)c1cccc(C(=O)N(C2CC2)C2CCCc3ccccc32)n1. The van der Waals surface area contributed by atoms with E-state index in [1.807, 2.05) is 17.0 Å². The number of hydrogen-bond donors (Lipinski definition) is 1. The molecular weight excluding hydrogens is 316 g/mol. The first-order chi connectivity index (χ1) is 12.1. The van der Waals surface area contributed by atoms with E-state index in [1.165, 1.54) is 17.2 Å². The van der Waals surface area contributed by atoms with Gasteiger partial charge in [0.25, 0.3) is 5.91 Å². The number of aryl methyl sites for hydroxylation is 1. The zero-order chi connectivity index (χ0) is 17.4. The lowest BCUT2D eigenvalue weighted by atomic mass is 9.86. The Hall–Kier alpha value is -2.69. The van der Waals surface area contributed by atoms with Gasteiger partial charge in [-0.25, -0.2) is 9.78 Å². The molecule has 0 radical (unpaired) electrons. The van der Waals surface area contributed by atoms with Gasteiger partial charge in [-0.1, -0.05) is 30.3 Å². The summed E-state index contributed by atoms with van der Waals surface area (Å²) in [4.78, 5) is 30.4. The van der Waals surface area contributed by atoms with Crippen LogP contribution in [0.3, 0.4) is 0 Å². The summed E-state index contributed by atoms with van der Waals surface area (Å²) in [6.45, 7) is 0. The van der Waals surface area contributed by atoms with E-state index in [9.17, 15) is 9.59 Å². The number of nitrogens with zero attached hydrogens (tertiary/aromatic N) is 2. The molecule has 1 atom stereocenters. The van der Waals surface area contributed by atoms with Crippen LogP contribution >= 0.6 is 0 Å². The molecular formula is C20H20N2O3. The average molecular weight is 336 g/mol. The predicted molar refractivity (Wildman–Crippen MR) is 92.5 cm³/mol. The van der Waals surface area contributed by atoms with E-state index in [4.69, 9.17) is 5.11 Å². The van der Waals surface area contributed by atoms with E-state index in [0.29, 0.717) is 0 Å². The molecule has 1 aromatic carbocycles. The molecule has 0 spiro atoms. The summed E-state index contributed by atoms with van der Waals surface area (Å²) in [5.41, 5.74) is 2.66. The molecule has 0 aliphatic heterocycles. The number of aromatic carboxylic acids is 1. The minimum absolute atomic E-state index is 0.0558. The van der Waals surface area contributed by atoms with Gasteiger partial charge in [0.2, 0.25) is 0 Å². The molecule has 128 valence electrons. The summed E-state index contributed by atoms with van der Waals surface area (Å²) in [7, 11) is 0. The molecule has 1 N–H and O–H groups in total. The van der Waals surface area contributed by atoms with Crippen molar-refractivity contribution in [3.63, 3.8) is 0 Å². The summed E-state index contributed by atoms with van der Waals surface area (Å²) in [6.07, 6.45) is 5.05. The number of carbonyl (C=O) groups is 2. The highest BCUT2D eigenvalue weighted by Gasteiger charge is 2.40. The van der Waals surface area contributed by atoms with Crippen LogP contribution in [0.1, 0.15) is 63.8 Å². The molecule has 1 amide bonds. The minimum atomic E-state index is -1.12. The molecule has 0 saturated heterocycles. The summed E-state index contributed by atoms with van der Waals surface area (Å²) in [5.74, 6) is -1.28. The number of rotatable bonds is 4. The summed E-state index contributed by atoms with van der Waals surface area (Å²) in [6, 6.07) is 13.2. The molecule has 1 unspecified atom stereocenters. The smallest absolute Gasteiger partial charge is 0.354 e. The Labute approximate surface area is 146 Å². The summed E-state index contributed by atoms with van der Waals surface area (Å²) < 4.78 is 0. The molecule has 1 heterocycles. The molecule has 2 aromatic rings. The molecule has 5 heteroatoms. The highest BCUT2D eigenvalue weighted by molar-refractivity contribution is 5.94. The standard InChI is InChI=1S/C20H20N2O3/c23-19(16-8-4-9-17(21-16)20(24)25)22(14-11-12-14)18-10-3-6-13-5-1-2-7-15(13)18/h1-2,4-5,7-9,14,18H,3,6,10-12H2,(H,24,25). The fourth-order valence-corrected chi connectivity index (χ4v) is 3.74. The van der Waals surface area contributed by atoms with Gasteiger partial charge in [-0.3, -0.25) is 4.79 Å². The molecule has 4 rings (SSSR count). The Morgan fingerprint density at radius 3 is 2.52 bits per heavy atom. The number of carboxylic acid groups (broad SMARTS) is 1. The van der Waals surface area contributed by atoms with Crippen molar-refractivity contribution < 1.29 is 14.7 Å². The van der Waals surface area contributed by atoms with Crippen LogP contribution in [0.25, 0.3) is 0 Å². The summed E-state index contributed by atoms with van der Waals surface area (Å²) >= 11 is 0. The second-order valence-electron chi connectivity index (χ2n) is 6.76. The van der Waals surface area contributed by atoms with Gasteiger partial charge >= 0.3 is 5.97 Å². The molecule has 1 fully saturated rings. The lowest BCUT2D eigenvalue weighted by Crippen LogP contribution is -2.39. The van der Waals surface area contributed by atoms with Crippen LogP contribution in [0.15, 0.2) is 42.5 Å². The van der Waals surface area contributed by atoms with Crippen molar-refractivity contribution in [2.24, 2.45) is 0 Å². The zero-order valence-electron chi connectivity index (χ0n) is 13.9. The number of fused-ring (bicyclic) bond motifs is 1. The third-order valence-corrected chi connectivity index (χ3v) is 5.04. The maximum absolute atomic E-state index is 13.2. The van der Waals surface area contributed by atoms with Crippen LogP contribution in [0.4, 0.5) is 0 Å². The Morgan fingerprint density at radius 2 is 1.76 bits per heavy atom. The molecule has 1 saturated carbocycles. The monoisotopic (exact) mass is 336 g/mol. The van der Waals surface area contributed by atoms with E-state index in [1.54, 1.807) is 12.1 Å². The van der Waals surface area contributed by atoms with Gasteiger partial charge in [0, 0.05) is 6.04 Å². The molecule has 5 nitrogen and oxygen atoms in total. The first-order valence-corrected chi connectivity index (χ1v) is 8.76. The highest BCUT2D eigenvalue weighted by Crippen LogP contribution is 2.41. The third kappa shape index (κ3) is 3.02. The van der Waals surface area contributed by atoms with Crippen molar-refractivity contribution >= 4 is 11.9 Å². The predicted octanol–water partition coefficient (Wildman–Crippen LogP) is 3.46. The van der Waals surface area contributed by atoms with Gasteiger partial charge in [0.1, 0.15) is 11.4 Å². The van der Waals surface area contributed by atoms with Crippen LogP contribution in [-0.2, 0) is 6.42 Å². The van der Waals surface area contributed by atoms with Crippen LogP contribution in [0.5, 0.6) is 0 Å². The minimum Gasteiger partial charge on any atom is -0.477 e. The first kappa shape index (κ1) is 15.8. The lowest BCUT2D eigenvalue weighted by molar-refractivity contribution is 0.0631. The largest absolute Gasteiger partial charge is 0.477 e. The van der Waals surface area contributed by atoms with E-state index in [2.05, 4.69) is 17.1 Å². The van der Waals surface area contributed by atoms with Gasteiger partial charge in [0.15, 0.2) is 0 Å². The Morgan fingerprint density at radius 1 is 1.00 bits per heavy atom. The lowest BCUT2D eigenvalue weighted by Gasteiger charge is -2.36. The van der Waals surface area contributed by atoms with Crippen LogP contribution in [0.2, 0.25) is 0 Å². The zero-order valence-corrected chi connectivity index (χ0v) is 13.9. The molecule has 2 aliphatic rings.